The van der Waals surface area contributed by atoms with E-state index in [1.54, 1.807) is 50.8 Å². The summed E-state index contributed by atoms with van der Waals surface area (Å²) in [7, 11) is 0. The minimum Gasteiger partial charge on any atom is -0.466 e. The normalized spacial score (nSPS) is 12.8. The van der Waals surface area contributed by atoms with Crippen molar-refractivity contribution in [1.29, 1.82) is 0 Å². The van der Waals surface area contributed by atoms with Crippen LogP contribution in [0.15, 0.2) is 61.2 Å². The van der Waals surface area contributed by atoms with Gasteiger partial charge in [0.1, 0.15) is 17.7 Å². The predicted molar refractivity (Wildman–Crippen MR) is 168 cm³/mol. The second-order valence-corrected chi connectivity index (χ2v) is 11.9. The zero-order chi connectivity index (χ0) is 32.2. The number of esters is 1. The van der Waals surface area contributed by atoms with Gasteiger partial charge in [-0.3, -0.25) is 14.4 Å². The molecule has 0 aromatic heterocycles. The highest BCUT2D eigenvalue weighted by Crippen LogP contribution is 2.33. The van der Waals surface area contributed by atoms with Crippen molar-refractivity contribution in [3.05, 3.63) is 77.9 Å². The predicted octanol–water partition coefficient (Wildman–Crippen LogP) is 5.59. The van der Waals surface area contributed by atoms with Crippen LogP contribution in [0.2, 0.25) is 0 Å². The fraction of sp³-hybridized carbons (Fsp3) is 0.471. The third-order valence-corrected chi connectivity index (χ3v) is 6.93. The van der Waals surface area contributed by atoms with Gasteiger partial charge in [-0.15, -0.1) is 0 Å². The number of hydrogen-bond donors (Lipinski definition) is 2. The molecule has 234 valence electrons. The lowest BCUT2D eigenvalue weighted by Crippen LogP contribution is -2.60. The van der Waals surface area contributed by atoms with Gasteiger partial charge in [-0.2, -0.15) is 0 Å². The summed E-state index contributed by atoms with van der Waals surface area (Å²) in [5.41, 5.74) is 0.567. The SMILES string of the molecule is C=Cc1cccc(C(C(=O)NCCC(=O)OCC)N(C(=O)C(Cc2ccccc2)NC(=O)OC(C)(C)C)C(C)(C)CC)c1. The summed E-state index contributed by atoms with van der Waals surface area (Å²) >= 11 is 0. The molecule has 9 nitrogen and oxygen atoms in total. The van der Waals surface area contributed by atoms with Gasteiger partial charge >= 0.3 is 12.1 Å². The van der Waals surface area contributed by atoms with Crippen LogP contribution in [0.1, 0.15) is 84.0 Å². The Balaban J connectivity index is 2.62. The number of carbonyl (C=O) groups excluding carboxylic acids is 4. The first-order valence-corrected chi connectivity index (χ1v) is 14.7. The first kappa shape index (κ1) is 35.1. The molecule has 43 heavy (non-hydrogen) atoms. The zero-order valence-corrected chi connectivity index (χ0v) is 26.6. The van der Waals surface area contributed by atoms with Crippen LogP contribution in [0, 0.1) is 0 Å². The van der Waals surface area contributed by atoms with Crippen molar-refractivity contribution in [1.82, 2.24) is 15.5 Å². The molecule has 0 saturated carbocycles. The van der Waals surface area contributed by atoms with Gasteiger partial charge in [0.25, 0.3) is 0 Å². The van der Waals surface area contributed by atoms with E-state index in [4.69, 9.17) is 9.47 Å². The maximum Gasteiger partial charge on any atom is 0.408 e. The van der Waals surface area contributed by atoms with E-state index >= 15 is 0 Å². The van der Waals surface area contributed by atoms with Crippen molar-refractivity contribution >= 4 is 30.0 Å². The van der Waals surface area contributed by atoms with Gasteiger partial charge in [0.2, 0.25) is 11.8 Å². The van der Waals surface area contributed by atoms with Crippen molar-refractivity contribution in [2.24, 2.45) is 0 Å². The second kappa shape index (κ2) is 15.9. The fourth-order valence-electron chi connectivity index (χ4n) is 4.50. The van der Waals surface area contributed by atoms with Crippen LogP contribution in [0.3, 0.4) is 0 Å². The zero-order valence-electron chi connectivity index (χ0n) is 26.6. The molecular formula is C34H47N3O6. The van der Waals surface area contributed by atoms with E-state index in [0.717, 1.165) is 11.1 Å². The molecule has 0 aliphatic rings. The third-order valence-electron chi connectivity index (χ3n) is 6.93. The summed E-state index contributed by atoms with van der Waals surface area (Å²) in [6, 6.07) is 14.5. The molecule has 3 amide bonds. The average molecular weight is 594 g/mol. The van der Waals surface area contributed by atoms with Crippen LogP contribution in [-0.2, 0) is 30.3 Å². The van der Waals surface area contributed by atoms with Crippen LogP contribution >= 0.6 is 0 Å². The lowest BCUT2D eigenvalue weighted by Gasteiger charge is -2.44. The van der Waals surface area contributed by atoms with Crippen molar-refractivity contribution in [2.75, 3.05) is 13.2 Å². The van der Waals surface area contributed by atoms with E-state index in [-0.39, 0.29) is 26.0 Å². The number of carbonyl (C=O) groups is 4. The monoisotopic (exact) mass is 593 g/mol. The van der Waals surface area contributed by atoms with E-state index < -0.39 is 47.1 Å². The molecule has 0 fully saturated rings. The molecule has 2 rings (SSSR count). The Morgan fingerprint density at radius 2 is 1.65 bits per heavy atom. The number of rotatable bonds is 14. The van der Waals surface area contributed by atoms with Gasteiger partial charge in [0.05, 0.1) is 13.0 Å². The van der Waals surface area contributed by atoms with Gasteiger partial charge in [-0.05, 0) is 70.7 Å². The van der Waals surface area contributed by atoms with Gasteiger partial charge in [0, 0.05) is 18.5 Å². The summed E-state index contributed by atoms with van der Waals surface area (Å²) in [6.45, 7) is 16.8. The fourth-order valence-corrected chi connectivity index (χ4v) is 4.50. The summed E-state index contributed by atoms with van der Waals surface area (Å²) in [5, 5.41) is 5.61. The van der Waals surface area contributed by atoms with E-state index in [0.29, 0.717) is 12.0 Å². The van der Waals surface area contributed by atoms with Gasteiger partial charge < -0.3 is 25.0 Å². The molecule has 0 heterocycles. The van der Waals surface area contributed by atoms with Crippen LogP contribution in [0.4, 0.5) is 4.79 Å². The molecule has 0 aliphatic carbocycles. The smallest absolute Gasteiger partial charge is 0.408 e. The largest absolute Gasteiger partial charge is 0.466 e. The topological polar surface area (TPSA) is 114 Å². The van der Waals surface area contributed by atoms with Crippen molar-refractivity contribution in [3.63, 3.8) is 0 Å². The molecule has 2 atom stereocenters. The molecule has 2 unspecified atom stereocenters. The summed E-state index contributed by atoms with van der Waals surface area (Å²) in [5.74, 6) is -1.34. The molecule has 0 aliphatic heterocycles. The molecule has 0 saturated heterocycles. The first-order valence-electron chi connectivity index (χ1n) is 14.7. The molecule has 0 bridgehead atoms. The lowest BCUT2D eigenvalue weighted by atomic mass is 9.90. The number of nitrogens with zero attached hydrogens (tertiary/aromatic N) is 1. The van der Waals surface area contributed by atoms with Gasteiger partial charge in [0.15, 0.2) is 0 Å². The average Bonchev–Trinajstić information content (AvgIpc) is 2.94. The number of ether oxygens (including phenoxy) is 2. The van der Waals surface area contributed by atoms with Crippen LogP contribution in [0.5, 0.6) is 0 Å². The van der Waals surface area contributed by atoms with Gasteiger partial charge in [-0.1, -0.05) is 68.1 Å². The molecule has 0 spiro atoms. The van der Waals surface area contributed by atoms with Crippen molar-refractivity contribution in [2.45, 2.75) is 91.0 Å². The minimum atomic E-state index is -1.08. The van der Waals surface area contributed by atoms with Crippen molar-refractivity contribution < 1.29 is 28.7 Å². The van der Waals surface area contributed by atoms with E-state index in [9.17, 15) is 19.2 Å². The summed E-state index contributed by atoms with van der Waals surface area (Å²) < 4.78 is 10.5. The highest BCUT2D eigenvalue weighted by molar-refractivity contribution is 5.93. The highest BCUT2D eigenvalue weighted by atomic mass is 16.6. The highest BCUT2D eigenvalue weighted by Gasteiger charge is 2.43. The summed E-state index contributed by atoms with van der Waals surface area (Å²) in [4.78, 5) is 55.1. The lowest BCUT2D eigenvalue weighted by molar-refractivity contribution is -0.149. The first-order chi connectivity index (χ1) is 20.2. The molecule has 2 aromatic carbocycles. The van der Waals surface area contributed by atoms with Crippen molar-refractivity contribution in [3.8, 4) is 0 Å². The molecule has 2 N–H and O–H groups in total. The Labute approximate surface area is 256 Å². The van der Waals surface area contributed by atoms with Crippen LogP contribution in [0.25, 0.3) is 6.08 Å². The Bertz CT molecular complexity index is 1250. The Hall–Kier alpha value is -4.14. The molecular weight excluding hydrogens is 546 g/mol. The molecule has 9 heteroatoms. The van der Waals surface area contributed by atoms with Crippen LogP contribution < -0.4 is 10.6 Å². The number of nitrogens with one attached hydrogen (secondary N) is 2. The van der Waals surface area contributed by atoms with E-state index in [2.05, 4.69) is 17.2 Å². The number of hydrogen-bond acceptors (Lipinski definition) is 6. The minimum absolute atomic E-state index is 0.0130. The third kappa shape index (κ3) is 10.9. The number of benzene rings is 2. The Kier molecular flexibility index (Phi) is 13.0. The number of amides is 3. The second-order valence-electron chi connectivity index (χ2n) is 11.9. The van der Waals surface area contributed by atoms with Gasteiger partial charge in [-0.25, -0.2) is 4.79 Å². The van der Waals surface area contributed by atoms with E-state index in [1.807, 2.05) is 63.2 Å². The standard InChI is InChI=1S/C34H47N3O6/c1-9-24-18-15-19-26(22-24)29(30(39)35-21-20-28(38)42-11-3)37(34(7,8)10-2)31(40)27(23-25-16-13-12-14-17-25)36-32(41)43-33(4,5)6/h9,12-19,22,27,29H,1,10-11,20-21,23H2,2-8H3,(H,35,39)(H,36,41). The Morgan fingerprint density at radius 3 is 2.23 bits per heavy atom. The summed E-state index contributed by atoms with van der Waals surface area (Å²) in [6.07, 6.45) is 1.61. The molecule has 2 aromatic rings. The van der Waals surface area contributed by atoms with E-state index in [1.165, 1.54) is 0 Å². The Morgan fingerprint density at radius 1 is 0.977 bits per heavy atom. The number of alkyl carbamates (subject to hydrolysis) is 1. The van der Waals surface area contributed by atoms with Crippen LogP contribution in [-0.4, -0.2) is 59.1 Å². The quantitative estimate of drug-likeness (QED) is 0.276. The maximum absolute atomic E-state index is 14.7. The molecule has 0 radical (unpaired) electrons. The maximum atomic E-state index is 14.7.